The first-order chi connectivity index (χ1) is 18.2. The fraction of sp³-hybridized carbons (Fsp3) is 0.435. The molecule has 11 nitrogen and oxygen atoms in total. The van der Waals surface area contributed by atoms with Crippen LogP contribution in [0.1, 0.15) is 22.5 Å². The molecule has 0 unspecified atom stereocenters. The lowest BCUT2D eigenvalue weighted by atomic mass is 9.93. The Hall–Kier alpha value is -3.66. The Labute approximate surface area is 220 Å². The molecule has 1 aromatic carbocycles. The zero-order valence-electron chi connectivity index (χ0n) is 20.8. The van der Waals surface area contributed by atoms with E-state index in [9.17, 15) is 40.4 Å². The SMILES string of the molecule is Cc1cc(NC(=O)c2c3c(cn2C)S(=O)(=O)N[C@@H]2CN(C(=O)C(=O)NCC(F)(F)F)CC[C@H]2CO3)ccc1F. The highest BCUT2D eigenvalue weighted by Gasteiger charge is 2.41. The third-order valence-corrected chi connectivity index (χ3v) is 7.94. The second kappa shape index (κ2) is 10.5. The number of amides is 3. The molecule has 3 N–H and O–H groups in total. The number of halogens is 4. The van der Waals surface area contributed by atoms with E-state index in [0.29, 0.717) is 5.56 Å². The molecule has 0 aliphatic carbocycles. The highest BCUT2D eigenvalue weighted by Crippen LogP contribution is 2.35. The van der Waals surface area contributed by atoms with E-state index in [1.807, 2.05) is 0 Å². The fourth-order valence-corrected chi connectivity index (χ4v) is 5.94. The topological polar surface area (TPSA) is 139 Å². The van der Waals surface area contributed by atoms with E-state index in [0.717, 1.165) is 4.90 Å². The number of likely N-dealkylation sites (tertiary alicyclic amines) is 1. The number of anilines is 1. The minimum Gasteiger partial charge on any atom is -0.489 e. The van der Waals surface area contributed by atoms with E-state index in [2.05, 4.69) is 10.0 Å². The number of hydrogen-bond donors (Lipinski definition) is 3. The van der Waals surface area contributed by atoms with Gasteiger partial charge in [0.25, 0.3) is 5.91 Å². The third kappa shape index (κ3) is 6.16. The summed E-state index contributed by atoms with van der Waals surface area (Å²) in [6.07, 6.45) is -3.35. The number of fused-ring (bicyclic) bond motifs is 2. The van der Waals surface area contributed by atoms with Gasteiger partial charge in [-0.25, -0.2) is 17.5 Å². The number of aryl methyl sites for hydroxylation is 2. The lowest BCUT2D eigenvalue weighted by Crippen LogP contribution is -2.58. The molecule has 1 fully saturated rings. The Balaban J connectivity index is 1.53. The summed E-state index contributed by atoms with van der Waals surface area (Å²) in [6, 6.07) is 3.05. The molecule has 3 heterocycles. The van der Waals surface area contributed by atoms with Gasteiger partial charge in [-0.3, -0.25) is 14.4 Å². The summed E-state index contributed by atoms with van der Waals surface area (Å²) in [4.78, 5) is 38.0. The minimum absolute atomic E-state index is 0.0244. The summed E-state index contributed by atoms with van der Waals surface area (Å²) < 4.78 is 86.9. The van der Waals surface area contributed by atoms with Crippen LogP contribution in [-0.2, 0) is 26.7 Å². The van der Waals surface area contributed by atoms with Gasteiger partial charge in [-0.2, -0.15) is 13.2 Å². The Morgan fingerprint density at radius 2 is 1.95 bits per heavy atom. The lowest BCUT2D eigenvalue weighted by Gasteiger charge is -2.39. The molecule has 0 bridgehead atoms. The van der Waals surface area contributed by atoms with E-state index in [1.165, 1.54) is 48.3 Å². The first kappa shape index (κ1) is 28.4. The van der Waals surface area contributed by atoms with Gasteiger partial charge in [0.1, 0.15) is 17.3 Å². The number of aromatic nitrogens is 1. The van der Waals surface area contributed by atoms with E-state index in [1.54, 1.807) is 0 Å². The van der Waals surface area contributed by atoms with Gasteiger partial charge < -0.3 is 24.8 Å². The average Bonchev–Trinajstić information content (AvgIpc) is 3.18. The van der Waals surface area contributed by atoms with Crippen LogP contribution in [0.2, 0.25) is 0 Å². The van der Waals surface area contributed by atoms with Crippen molar-refractivity contribution in [1.29, 1.82) is 0 Å². The van der Waals surface area contributed by atoms with Crippen LogP contribution in [-0.4, -0.2) is 74.1 Å². The summed E-state index contributed by atoms with van der Waals surface area (Å²) in [7, 11) is -2.86. The van der Waals surface area contributed by atoms with Crippen molar-refractivity contribution in [2.24, 2.45) is 13.0 Å². The van der Waals surface area contributed by atoms with Gasteiger partial charge in [-0.15, -0.1) is 0 Å². The van der Waals surface area contributed by atoms with Crippen molar-refractivity contribution in [3.05, 3.63) is 41.5 Å². The summed E-state index contributed by atoms with van der Waals surface area (Å²) in [5.74, 6) is -4.48. The summed E-state index contributed by atoms with van der Waals surface area (Å²) in [5.41, 5.74) is 0.494. The number of ether oxygens (including phenoxy) is 1. The Morgan fingerprint density at radius 3 is 2.62 bits per heavy atom. The summed E-state index contributed by atoms with van der Waals surface area (Å²) in [6.45, 7) is -0.503. The van der Waals surface area contributed by atoms with Gasteiger partial charge in [0, 0.05) is 44.0 Å². The number of piperidine rings is 1. The zero-order chi connectivity index (χ0) is 28.7. The van der Waals surface area contributed by atoms with Crippen LogP contribution in [0.25, 0.3) is 0 Å². The number of hydrogen-bond acceptors (Lipinski definition) is 6. The standard InChI is InChI=1S/C23H25F4N5O6S/c1-12-7-14(3-4-15(12)24)29-20(33)18-19-17(9-31(18)2)39(36,37)30-16-8-32(6-5-13(16)10-38-19)22(35)21(34)28-11-23(25,26)27/h3-4,7,9,13,16,30H,5-6,8,10-11H2,1-2H3,(H,28,34)(H,29,33)/t13-,16+/m0/s1. The molecule has 4 rings (SSSR count). The molecule has 2 aliphatic rings. The maximum Gasteiger partial charge on any atom is 0.405 e. The maximum absolute atomic E-state index is 13.6. The monoisotopic (exact) mass is 575 g/mol. The third-order valence-electron chi connectivity index (χ3n) is 6.46. The van der Waals surface area contributed by atoms with Crippen molar-refractivity contribution in [2.75, 3.05) is 31.6 Å². The van der Waals surface area contributed by atoms with Crippen LogP contribution in [0.3, 0.4) is 0 Å². The van der Waals surface area contributed by atoms with Crippen molar-refractivity contribution in [3.8, 4) is 5.75 Å². The predicted molar refractivity (Wildman–Crippen MR) is 128 cm³/mol. The lowest BCUT2D eigenvalue weighted by molar-refractivity contribution is -0.152. The van der Waals surface area contributed by atoms with Crippen molar-refractivity contribution < 1.29 is 45.1 Å². The minimum atomic E-state index is -4.70. The van der Waals surface area contributed by atoms with Crippen LogP contribution >= 0.6 is 0 Å². The predicted octanol–water partition coefficient (Wildman–Crippen LogP) is 1.29. The smallest absolute Gasteiger partial charge is 0.405 e. The average molecular weight is 576 g/mol. The molecule has 1 aromatic heterocycles. The summed E-state index contributed by atoms with van der Waals surface area (Å²) >= 11 is 0. The maximum atomic E-state index is 13.6. The molecule has 2 aromatic rings. The number of benzene rings is 1. The number of sulfonamides is 1. The molecule has 1 saturated heterocycles. The van der Waals surface area contributed by atoms with Gasteiger partial charge in [-0.1, -0.05) is 0 Å². The molecule has 0 saturated carbocycles. The van der Waals surface area contributed by atoms with Gasteiger partial charge in [0.15, 0.2) is 11.4 Å². The molecule has 2 atom stereocenters. The Kier molecular flexibility index (Phi) is 7.62. The molecular formula is C23H25F4N5O6S. The second-order valence-corrected chi connectivity index (χ2v) is 11.0. The van der Waals surface area contributed by atoms with Gasteiger partial charge >= 0.3 is 18.0 Å². The van der Waals surface area contributed by atoms with Crippen molar-refractivity contribution in [2.45, 2.75) is 30.5 Å². The van der Waals surface area contributed by atoms with Crippen LogP contribution in [0.5, 0.6) is 5.75 Å². The first-order valence-corrected chi connectivity index (χ1v) is 13.2. The molecule has 3 amide bonds. The molecular weight excluding hydrogens is 550 g/mol. The largest absolute Gasteiger partial charge is 0.489 e. The van der Waals surface area contributed by atoms with Gasteiger partial charge in [-0.05, 0) is 37.1 Å². The molecule has 0 spiro atoms. The number of carbonyl (C=O) groups excluding carboxylic acids is 3. The van der Waals surface area contributed by atoms with E-state index >= 15 is 0 Å². The number of nitrogens with zero attached hydrogens (tertiary/aromatic N) is 2. The molecule has 212 valence electrons. The van der Waals surface area contributed by atoms with Gasteiger partial charge in [0.05, 0.1) is 6.61 Å². The Morgan fingerprint density at radius 1 is 1.23 bits per heavy atom. The quantitative estimate of drug-likeness (QED) is 0.373. The molecule has 2 aliphatic heterocycles. The normalized spacial score (nSPS) is 20.5. The highest BCUT2D eigenvalue weighted by atomic mass is 32.2. The van der Waals surface area contributed by atoms with Crippen molar-refractivity contribution in [1.82, 2.24) is 19.5 Å². The fourth-order valence-electron chi connectivity index (χ4n) is 4.45. The highest BCUT2D eigenvalue weighted by molar-refractivity contribution is 7.89. The molecule has 0 radical (unpaired) electrons. The Bertz CT molecular complexity index is 1420. The number of nitrogens with one attached hydrogen (secondary N) is 3. The van der Waals surface area contributed by atoms with Crippen LogP contribution in [0.15, 0.2) is 29.3 Å². The number of carbonyl (C=O) groups is 3. The van der Waals surface area contributed by atoms with E-state index < -0.39 is 58.2 Å². The van der Waals surface area contributed by atoms with Crippen molar-refractivity contribution in [3.63, 3.8) is 0 Å². The van der Waals surface area contributed by atoms with Crippen LogP contribution < -0.4 is 20.1 Å². The molecule has 39 heavy (non-hydrogen) atoms. The van der Waals surface area contributed by atoms with Crippen LogP contribution in [0, 0.1) is 18.7 Å². The van der Waals surface area contributed by atoms with Gasteiger partial charge in [0.2, 0.25) is 10.0 Å². The summed E-state index contributed by atoms with van der Waals surface area (Å²) in [5, 5.41) is 4.11. The number of alkyl halides is 3. The zero-order valence-corrected chi connectivity index (χ0v) is 21.6. The van der Waals surface area contributed by atoms with Crippen LogP contribution in [0.4, 0.5) is 23.2 Å². The first-order valence-electron chi connectivity index (χ1n) is 11.7. The van der Waals surface area contributed by atoms with Crippen molar-refractivity contribution >= 4 is 33.4 Å². The number of rotatable bonds is 3. The van der Waals surface area contributed by atoms with E-state index in [4.69, 9.17) is 4.74 Å². The second-order valence-electron chi connectivity index (χ2n) is 9.34. The molecule has 16 heteroatoms. The van der Waals surface area contributed by atoms with E-state index in [-0.39, 0.29) is 48.1 Å².